The molecule has 2 aromatic rings. The highest BCUT2D eigenvalue weighted by atomic mass is 79.9. The van der Waals surface area contributed by atoms with Crippen molar-refractivity contribution in [1.29, 1.82) is 0 Å². The van der Waals surface area contributed by atoms with E-state index in [9.17, 15) is 5.11 Å². The Balaban J connectivity index is 2.67. The van der Waals surface area contributed by atoms with Gasteiger partial charge in [0, 0.05) is 4.47 Å². The van der Waals surface area contributed by atoms with Gasteiger partial charge in [0.25, 0.3) is 0 Å². The Labute approximate surface area is 119 Å². The smallest absolute Gasteiger partial charge is 0.240 e. The van der Waals surface area contributed by atoms with Crippen LogP contribution in [0.25, 0.3) is 11.4 Å². The summed E-state index contributed by atoms with van der Waals surface area (Å²) in [5, 5.41) is 14.3. The molecule has 0 saturated carbocycles. The molecule has 0 atom stereocenters. The lowest BCUT2D eigenvalue weighted by Crippen LogP contribution is -1.97. The van der Waals surface area contributed by atoms with E-state index in [0.29, 0.717) is 17.3 Å². The first-order valence-corrected chi connectivity index (χ1v) is 6.80. The predicted molar refractivity (Wildman–Crippen MR) is 75.8 cm³/mol. The van der Waals surface area contributed by atoms with E-state index in [0.717, 1.165) is 15.6 Å². The second-order valence-corrected chi connectivity index (χ2v) is 5.52. The molecule has 1 aromatic heterocycles. The van der Waals surface area contributed by atoms with Crippen molar-refractivity contribution in [3.05, 3.63) is 27.6 Å². The van der Waals surface area contributed by atoms with Gasteiger partial charge >= 0.3 is 0 Å². The van der Waals surface area contributed by atoms with Gasteiger partial charge in [0.2, 0.25) is 11.7 Å². The van der Waals surface area contributed by atoms with E-state index in [1.54, 1.807) is 0 Å². The molecule has 6 heteroatoms. The van der Waals surface area contributed by atoms with Crippen LogP contribution in [0.15, 0.2) is 15.1 Å². The summed E-state index contributed by atoms with van der Waals surface area (Å²) in [7, 11) is 0. The second-order valence-electron chi connectivity index (χ2n) is 4.67. The SMILES string of the molecule is Cc1c(Br)cc(C(C)C)c(O)c1-c1noc(CN)n1. The quantitative estimate of drug-likeness (QED) is 0.905. The Morgan fingerprint density at radius 3 is 2.68 bits per heavy atom. The van der Waals surface area contributed by atoms with Gasteiger partial charge in [0.1, 0.15) is 5.75 Å². The summed E-state index contributed by atoms with van der Waals surface area (Å²) in [6, 6.07) is 1.92. The molecule has 19 heavy (non-hydrogen) atoms. The normalized spacial score (nSPS) is 11.3. The molecule has 0 fully saturated rings. The average molecular weight is 326 g/mol. The first-order chi connectivity index (χ1) is 8.95. The fraction of sp³-hybridized carbons (Fsp3) is 0.385. The zero-order valence-corrected chi connectivity index (χ0v) is 12.7. The molecule has 102 valence electrons. The fourth-order valence-corrected chi connectivity index (χ4v) is 2.35. The lowest BCUT2D eigenvalue weighted by Gasteiger charge is -2.14. The zero-order valence-electron chi connectivity index (χ0n) is 11.1. The number of benzene rings is 1. The van der Waals surface area contributed by atoms with Crippen LogP contribution in [-0.2, 0) is 6.54 Å². The third kappa shape index (κ3) is 2.50. The van der Waals surface area contributed by atoms with Crippen molar-refractivity contribution in [3.63, 3.8) is 0 Å². The summed E-state index contributed by atoms with van der Waals surface area (Å²) in [6.07, 6.45) is 0. The van der Waals surface area contributed by atoms with Crippen LogP contribution in [0.5, 0.6) is 5.75 Å². The fourth-order valence-electron chi connectivity index (χ4n) is 1.91. The topological polar surface area (TPSA) is 85.2 Å². The molecule has 0 aliphatic rings. The van der Waals surface area contributed by atoms with Gasteiger partial charge in [-0.1, -0.05) is 34.9 Å². The Bertz CT molecular complexity index is 608. The Hall–Kier alpha value is -1.40. The van der Waals surface area contributed by atoms with Gasteiger partial charge in [0.05, 0.1) is 12.1 Å². The molecule has 0 saturated heterocycles. The molecule has 1 heterocycles. The highest BCUT2D eigenvalue weighted by molar-refractivity contribution is 9.10. The van der Waals surface area contributed by atoms with Gasteiger partial charge in [-0.15, -0.1) is 0 Å². The summed E-state index contributed by atoms with van der Waals surface area (Å²) < 4.78 is 5.91. The number of hydrogen-bond acceptors (Lipinski definition) is 5. The van der Waals surface area contributed by atoms with E-state index in [1.807, 2.05) is 26.8 Å². The van der Waals surface area contributed by atoms with E-state index < -0.39 is 0 Å². The van der Waals surface area contributed by atoms with Gasteiger partial charge in [-0.05, 0) is 30.0 Å². The van der Waals surface area contributed by atoms with Crippen LogP contribution in [0.4, 0.5) is 0 Å². The number of nitrogens with two attached hydrogens (primary N) is 1. The van der Waals surface area contributed by atoms with Crippen molar-refractivity contribution in [2.45, 2.75) is 33.2 Å². The maximum Gasteiger partial charge on any atom is 0.240 e. The third-order valence-corrected chi connectivity index (χ3v) is 3.84. The van der Waals surface area contributed by atoms with Crippen molar-refractivity contribution >= 4 is 15.9 Å². The van der Waals surface area contributed by atoms with Crippen molar-refractivity contribution in [2.24, 2.45) is 5.73 Å². The van der Waals surface area contributed by atoms with Crippen LogP contribution >= 0.6 is 15.9 Å². The standard InChI is InChI=1S/C13H16BrN3O2/c1-6(2)8-4-9(14)7(3)11(12(8)18)13-16-10(5-15)19-17-13/h4,6,18H,5,15H2,1-3H3. The zero-order chi connectivity index (χ0) is 14.2. The number of nitrogens with zero attached hydrogens (tertiary/aromatic N) is 2. The van der Waals surface area contributed by atoms with Gasteiger partial charge in [-0.2, -0.15) is 4.98 Å². The summed E-state index contributed by atoms with van der Waals surface area (Å²) in [4.78, 5) is 4.18. The number of hydrogen-bond donors (Lipinski definition) is 2. The molecule has 0 spiro atoms. The highest BCUT2D eigenvalue weighted by Gasteiger charge is 2.21. The molecular weight excluding hydrogens is 310 g/mol. The maximum atomic E-state index is 10.4. The minimum Gasteiger partial charge on any atom is -0.507 e. The summed E-state index contributed by atoms with van der Waals surface area (Å²) in [6.45, 7) is 6.10. The van der Waals surface area contributed by atoms with Crippen molar-refractivity contribution in [3.8, 4) is 17.1 Å². The molecule has 3 N–H and O–H groups in total. The predicted octanol–water partition coefficient (Wildman–Crippen LogP) is 3.10. The Kier molecular flexibility index (Phi) is 3.91. The number of aromatic nitrogens is 2. The average Bonchev–Trinajstić information content (AvgIpc) is 2.82. The monoisotopic (exact) mass is 325 g/mol. The molecule has 0 bridgehead atoms. The first-order valence-electron chi connectivity index (χ1n) is 6.00. The molecule has 0 aliphatic heterocycles. The second kappa shape index (κ2) is 5.30. The molecule has 1 aromatic carbocycles. The van der Waals surface area contributed by atoms with Crippen LogP contribution in [0.2, 0.25) is 0 Å². The van der Waals surface area contributed by atoms with Crippen LogP contribution in [0.1, 0.15) is 36.8 Å². The molecule has 0 amide bonds. The van der Waals surface area contributed by atoms with Crippen LogP contribution in [0.3, 0.4) is 0 Å². The molecule has 0 unspecified atom stereocenters. The van der Waals surface area contributed by atoms with Crippen molar-refractivity contribution in [1.82, 2.24) is 10.1 Å². The number of phenolic OH excluding ortho intramolecular Hbond substituents is 1. The van der Waals surface area contributed by atoms with Crippen LogP contribution in [0, 0.1) is 6.92 Å². The lowest BCUT2D eigenvalue weighted by atomic mass is 9.96. The van der Waals surface area contributed by atoms with Crippen molar-refractivity contribution < 1.29 is 9.63 Å². The van der Waals surface area contributed by atoms with Crippen LogP contribution < -0.4 is 5.73 Å². The molecular formula is C13H16BrN3O2. The largest absolute Gasteiger partial charge is 0.507 e. The first kappa shape index (κ1) is 14.0. The lowest BCUT2D eigenvalue weighted by molar-refractivity contribution is 0.380. The van der Waals surface area contributed by atoms with E-state index in [-0.39, 0.29) is 18.2 Å². The molecule has 5 nitrogen and oxygen atoms in total. The summed E-state index contributed by atoms with van der Waals surface area (Å²) in [5.41, 5.74) is 7.75. The van der Waals surface area contributed by atoms with Crippen molar-refractivity contribution in [2.75, 3.05) is 0 Å². The van der Waals surface area contributed by atoms with Gasteiger partial charge in [0.15, 0.2) is 0 Å². The molecule has 2 rings (SSSR count). The van der Waals surface area contributed by atoms with Gasteiger partial charge in [-0.25, -0.2) is 0 Å². The van der Waals surface area contributed by atoms with E-state index in [2.05, 4.69) is 26.1 Å². The third-order valence-electron chi connectivity index (χ3n) is 3.01. The maximum absolute atomic E-state index is 10.4. The van der Waals surface area contributed by atoms with Gasteiger partial charge < -0.3 is 15.4 Å². The Morgan fingerprint density at radius 1 is 1.47 bits per heavy atom. The van der Waals surface area contributed by atoms with E-state index >= 15 is 0 Å². The van der Waals surface area contributed by atoms with Gasteiger partial charge in [-0.3, -0.25) is 0 Å². The van der Waals surface area contributed by atoms with E-state index in [4.69, 9.17) is 10.3 Å². The minimum atomic E-state index is 0.178. The minimum absolute atomic E-state index is 0.178. The Morgan fingerprint density at radius 2 is 2.16 bits per heavy atom. The number of phenols is 1. The number of aromatic hydroxyl groups is 1. The number of halogens is 1. The summed E-state index contributed by atoms with van der Waals surface area (Å²) in [5.74, 6) is 1.09. The molecule has 0 aliphatic carbocycles. The summed E-state index contributed by atoms with van der Waals surface area (Å²) >= 11 is 3.50. The van der Waals surface area contributed by atoms with Crippen LogP contribution in [-0.4, -0.2) is 15.2 Å². The molecule has 0 radical (unpaired) electrons. The number of rotatable bonds is 3. The highest BCUT2D eigenvalue weighted by Crippen LogP contribution is 2.40. The van der Waals surface area contributed by atoms with E-state index in [1.165, 1.54) is 0 Å².